The highest BCUT2D eigenvalue weighted by atomic mass is 16.1. The van der Waals surface area contributed by atoms with Crippen molar-refractivity contribution in [3.05, 3.63) is 90.6 Å². The first-order chi connectivity index (χ1) is 13.7. The number of benzene rings is 3. The Morgan fingerprint density at radius 2 is 1.75 bits per heavy atom. The van der Waals surface area contributed by atoms with Gasteiger partial charge in [0.1, 0.15) is 6.54 Å². The molecule has 2 heterocycles. The molecule has 1 aliphatic rings. The minimum Gasteiger partial charge on any atom is -0.355 e. The van der Waals surface area contributed by atoms with Crippen LogP contribution in [0.4, 0.5) is 5.69 Å². The molecule has 4 nitrogen and oxygen atoms in total. The van der Waals surface area contributed by atoms with Crippen LogP contribution in [0.1, 0.15) is 11.1 Å². The highest BCUT2D eigenvalue weighted by Gasteiger charge is 2.23. The Balaban J connectivity index is 1.43. The number of carbonyl (C=O) groups excluding carboxylic acids is 1. The molecule has 136 valence electrons. The average molecular weight is 365 g/mol. The standard InChI is InChI=1S/C24H19N3O/c1-16-22-14-25-27(24(22)21-8-4-5-9-23(21)26-16)15-20(28)13-17-10-11-18-6-2-3-7-19(18)12-17/h2-12,14,26H,1,13,15H2. The molecule has 1 N–H and O–H groups in total. The minimum absolute atomic E-state index is 0.128. The largest absolute Gasteiger partial charge is 0.355 e. The van der Waals surface area contributed by atoms with Gasteiger partial charge in [0.05, 0.1) is 11.9 Å². The zero-order valence-electron chi connectivity index (χ0n) is 15.4. The lowest BCUT2D eigenvalue weighted by Gasteiger charge is -2.21. The van der Waals surface area contributed by atoms with Crippen molar-refractivity contribution >= 4 is 27.9 Å². The van der Waals surface area contributed by atoms with Crippen molar-refractivity contribution in [2.75, 3.05) is 5.32 Å². The summed E-state index contributed by atoms with van der Waals surface area (Å²) in [7, 11) is 0. The smallest absolute Gasteiger partial charge is 0.158 e. The van der Waals surface area contributed by atoms with Gasteiger partial charge in [-0.25, -0.2) is 0 Å². The van der Waals surface area contributed by atoms with Gasteiger partial charge in [-0.1, -0.05) is 67.2 Å². The average Bonchev–Trinajstić information content (AvgIpc) is 3.12. The lowest BCUT2D eigenvalue weighted by molar-refractivity contribution is -0.119. The second kappa shape index (κ2) is 6.50. The van der Waals surface area contributed by atoms with Crippen molar-refractivity contribution in [1.82, 2.24) is 9.78 Å². The van der Waals surface area contributed by atoms with Gasteiger partial charge in [-0.05, 0) is 22.4 Å². The maximum absolute atomic E-state index is 12.8. The highest BCUT2D eigenvalue weighted by molar-refractivity contribution is 5.96. The minimum atomic E-state index is 0.128. The number of ketones is 1. The van der Waals surface area contributed by atoms with Crippen LogP contribution in [0, 0.1) is 0 Å². The number of anilines is 1. The molecular formula is C24H19N3O. The third kappa shape index (κ3) is 2.79. The van der Waals surface area contributed by atoms with E-state index in [0.29, 0.717) is 6.42 Å². The number of nitrogens with one attached hydrogen (secondary N) is 1. The van der Waals surface area contributed by atoms with Crippen molar-refractivity contribution in [2.45, 2.75) is 13.0 Å². The Morgan fingerprint density at radius 1 is 0.964 bits per heavy atom. The normalized spacial score (nSPS) is 12.4. The van der Waals surface area contributed by atoms with Crippen LogP contribution in [0.15, 0.2) is 79.5 Å². The second-order valence-corrected chi connectivity index (χ2v) is 7.11. The fourth-order valence-electron chi connectivity index (χ4n) is 3.84. The number of carbonyl (C=O) groups is 1. The topological polar surface area (TPSA) is 46.9 Å². The van der Waals surface area contributed by atoms with Crippen molar-refractivity contribution < 1.29 is 4.79 Å². The number of hydrogen-bond acceptors (Lipinski definition) is 3. The van der Waals surface area contributed by atoms with Gasteiger partial charge in [0.15, 0.2) is 5.78 Å². The summed E-state index contributed by atoms with van der Waals surface area (Å²) in [6.07, 6.45) is 2.17. The molecule has 0 aliphatic carbocycles. The summed E-state index contributed by atoms with van der Waals surface area (Å²) in [6, 6.07) is 22.4. The number of para-hydroxylation sites is 1. The number of hydrogen-bond donors (Lipinski definition) is 1. The van der Waals surface area contributed by atoms with Gasteiger partial charge in [0.2, 0.25) is 0 Å². The molecule has 0 radical (unpaired) electrons. The fraction of sp³-hybridized carbons (Fsp3) is 0.0833. The molecule has 1 aromatic heterocycles. The molecule has 1 aliphatic heterocycles. The van der Waals surface area contributed by atoms with Gasteiger partial charge in [0.25, 0.3) is 0 Å². The van der Waals surface area contributed by atoms with E-state index in [-0.39, 0.29) is 12.3 Å². The molecule has 4 heteroatoms. The van der Waals surface area contributed by atoms with Gasteiger partial charge >= 0.3 is 0 Å². The van der Waals surface area contributed by atoms with Crippen molar-refractivity contribution in [1.29, 1.82) is 0 Å². The Bertz CT molecular complexity index is 1240. The van der Waals surface area contributed by atoms with Gasteiger partial charge in [0, 0.05) is 28.9 Å². The van der Waals surface area contributed by atoms with E-state index in [1.165, 1.54) is 5.39 Å². The third-order valence-electron chi connectivity index (χ3n) is 5.17. The summed E-state index contributed by atoms with van der Waals surface area (Å²) in [4.78, 5) is 12.8. The van der Waals surface area contributed by atoms with Gasteiger partial charge < -0.3 is 5.32 Å². The Morgan fingerprint density at radius 3 is 2.64 bits per heavy atom. The first-order valence-electron chi connectivity index (χ1n) is 9.30. The van der Waals surface area contributed by atoms with Gasteiger partial charge in [-0.2, -0.15) is 5.10 Å². The maximum Gasteiger partial charge on any atom is 0.158 e. The predicted molar refractivity (Wildman–Crippen MR) is 113 cm³/mol. The van der Waals surface area contributed by atoms with Crippen molar-refractivity contribution in [3.63, 3.8) is 0 Å². The van der Waals surface area contributed by atoms with Crippen LogP contribution in [0.3, 0.4) is 0 Å². The van der Waals surface area contributed by atoms with Crippen LogP contribution < -0.4 is 5.32 Å². The Kier molecular flexibility index (Phi) is 3.83. The molecule has 0 atom stereocenters. The van der Waals surface area contributed by atoms with E-state index in [1.54, 1.807) is 10.9 Å². The monoisotopic (exact) mass is 365 g/mol. The molecule has 0 spiro atoms. The Labute approximate surface area is 163 Å². The molecule has 0 saturated heterocycles. The molecule has 0 amide bonds. The zero-order valence-corrected chi connectivity index (χ0v) is 15.4. The van der Waals surface area contributed by atoms with E-state index in [4.69, 9.17) is 0 Å². The molecule has 5 rings (SSSR count). The van der Waals surface area contributed by atoms with E-state index in [2.05, 4.69) is 41.3 Å². The number of rotatable bonds is 4. The predicted octanol–water partition coefficient (Wildman–Crippen LogP) is 4.91. The molecule has 0 unspecified atom stereocenters. The number of aromatic nitrogens is 2. The molecule has 28 heavy (non-hydrogen) atoms. The highest BCUT2D eigenvalue weighted by Crippen LogP contribution is 2.39. The van der Waals surface area contributed by atoms with E-state index >= 15 is 0 Å². The second-order valence-electron chi connectivity index (χ2n) is 7.11. The quantitative estimate of drug-likeness (QED) is 0.559. The number of fused-ring (bicyclic) bond motifs is 4. The summed E-state index contributed by atoms with van der Waals surface area (Å²) in [5.41, 5.74) is 5.76. The van der Waals surface area contributed by atoms with Crippen LogP contribution in [0.2, 0.25) is 0 Å². The van der Waals surface area contributed by atoms with Crippen LogP contribution in [0.5, 0.6) is 0 Å². The van der Waals surface area contributed by atoms with Crippen molar-refractivity contribution in [3.8, 4) is 11.3 Å². The lowest BCUT2D eigenvalue weighted by Crippen LogP contribution is -2.16. The van der Waals surface area contributed by atoms with Crippen LogP contribution >= 0.6 is 0 Å². The molecule has 4 aromatic rings. The van der Waals surface area contributed by atoms with E-state index in [0.717, 1.165) is 39.2 Å². The van der Waals surface area contributed by atoms with Crippen LogP contribution in [-0.4, -0.2) is 15.6 Å². The molecule has 3 aromatic carbocycles. The SMILES string of the molecule is C=C1Nc2ccccc2-c2c1cnn2CC(=O)Cc1ccc2ccccc2c1. The third-order valence-corrected chi connectivity index (χ3v) is 5.17. The molecule has 0 fully saturated rings. The molecule has 0 saturated carbocycles. The van der Waals surface area contributed by atoms with Crippen LogP contribution in [0.25, 0.3) is 27.7 Å². The number of Topliss-reactive ketones (excluding diaryl/α,β-unsaturated/α-hetero) is 1. The summed E-state index contributed by atoms with van der Waals surface area (Å²) in [5, 5.41) is 10.1. The lowest BCUT2D eigenvalue weighted by atomic mass is 9.99. The fourth-order valence-corrected chi connectivity index (χ4v) is 3.84. The van der Waals surface area contributed by atoms with Crippen molar-refractivity contribution in [2.24, 2.45) is 0 Å². The summed E-state index contributed by atoms with van der Waals surface area (Å²) >= 11 is 0. The van der Waals surface area contributed by atoms with Crippen LogP contribution in [-0.2, 0) is 17.8 Å². The summed E-state index contributed by atoms with van der Waals surface area (Å²) < 4.78 is 1.80. The van der Waals surface area contributed by atoms with E-state index < -0.39 is 0 Å². The number of nitrogens with zero attached hydrogens (tertiary/aromatic N) is 2. The van der Waals surface area contributed by atoms with E-state index in [1.807, 2.05) is 42.5 Å². The molecule has 0 bridgehead atoms. The van der Waals surface area contributed by atoms with Gasteiger partial charge in [-0.3, -0.25) is 9.48 Å². The molecular weight excluding hydrogens is 346 g/mol. The first kappa shape index (κ1) is 16.5. The summed E-state index contributed by atoms with van der Waals surface area (Å²) in [6.45, 7) is 4.33. The maximum atomic E-state index is 12.8. The van der Waals surface area contributed by atoms with E-state index in [9.17, 15) is 4.79 Å². The van der Waals surface area contributed by atoms with Gasteiger partial charge in [-0.15, -0.1) is 0 Å². The zero-order chi connectivity index (χ0) is 19.1. The Hall–Kier alpha value is -3.66. The summed E-state index contributed by atoms with van der Waals surface area (Å²) in [5.74, 6) is 0.128. The first-order valence-corrected chi connectivity index (χ1v) is 9.30.